The monoisotopic (exact) mass is 241 g/mol. The van der Waals surface area contributed by atoms with Crippen LogP contribution in [0.5, 0.6) is 11.5 Å². The minimum atomic E-state index is 0.0863. The summed E-state index contributed by atoms with van der Waals surface area (Å²) in [5.41, 5.74) is 3.45. The smallest absolute Gasteiger partial charge is 0.123 e. The highest BCUT2D eigenvalue weighted by Gasteiger charge is 2.25. The Balaban J connectivity index is 2.08. The maximum absolute atomic E-state index is 9.63. The molecule has 0 spiro atoms. The van der Waals surface area contributed by atoms with Gasteiger partial charge in [-0.25, -0.2) is 0 Å². The molecular weight excluding hydrogens is 226 g/mol. The van der Waals surface area contributed by atoms with E-state index >= 15 is 0 Å². The normalized spacial score (nSPS) is 17.5. The molecule has 0 saturated carbocycles. The number of para-hydroxylation sites is 1. The number of ether oxygens (including phenoxy) is 1. The van der Waals surface area contributed by atoms with Crippen LogP contribution in [0.4, 0.5) is 0 Å². The molecule has 1 unspecified atom stereocenters. The van der Waals surface area contributed by atoms with Gasteiger partial charge in [0.1, 0.15) is 11.5 Å². The molecule has 0 aliphatic carbocycles. The number of hydrogen-bond donors (Lipinski definition) is 2. The van der Waals surface area contributed by atoms with Crippen molar-refractivity contribution in [3.8, 4) is 11.5 Å². The number of phenolic OH excluding ortho intramolecular Hbond substituents is 1. The third-order valence-corrected chi connectivity index (χ3v) is 3.39. The second kappa shape index (κ2) is 4.35. The van der Waals surface area contributed by atoms with Gasteiger partial charge in [-0.05, 0) is 29.3 Å². The van der Waals surface area contributed by atoms with Gasteiger partial charge in [-0.2, -0.15) is 0 Å². The van der Waals surface area contributed by atoms with Crippen LogP contribution in [-0.2, 0) is 6.54 Å². The number of nitrogens with one attached hydrogen (secondary N) is 1. The third-order valence-electron chi connectivity index (χ3n) is 3.39. The second-order valence-electron chi connectivity index (χ2n) is 4.44. The molecular formula is C15H15NO2. The predicted octanol–water partition coefficient (Wildman–Crippen LogP) is 2.59. The number of rotatable bonds is 2. The lowest BCUT2D eigenvalue weighted by atomic mass is 9.97. The molecule has 0 saturated heterocycles. The lowest BCUT2D eigenvalue weighted by molar-refractivity contribution is 0.405. The number of hydrogen-bond acceptors (Lipinski definition) is 3. The first-order valence-corrected chi connectivity index (χ1v) is 5.97. The Morgan fingerprint density at radius 2 is 2.00 bits per heavy atom. The van der Waals surface area contributed by atoms with E-state index in [1.54, 1.807) is 13.2 Å². The molecule has 3 heteroatoms. The van der Waals surface area contributed by atoms with Gasteiger partial charge < -0.3 is 15.2 Å². The van der Waals surface area contributed by atoms with Crippen LogP contribution in [0.3, 0.4) is 0 Å². The van der Waals surface area contributed by atoms with Crippen molar-refractivity contribution in [2.45, 2.75) is 12.6 Å². The Bertz CT molecular complexity index is 580. The Hall–Kier alpha value is -2.00. The van der Waals surface area contributed by atoms with Crippen LogP contribution in [0.1, 0.15) is 22.7 Å². The van der Waals surface area contributed by atoms with Crippen molar-refractivity contribution in [1.29, 1.82) is 0 Å². The van der Waals surface area contributed by atoms with E-state index in [2.05, 4.69) is 11.4 Å². The molecule has 1 aliphatic heterocycles. The summed E-state index contributed by atoms with van der Waals surface area (Å²) in [6, 6.07) is 13.6. The predicted molar refractivity (Wildman–Crippen MR) is 69.8 cm³/mol. The molecule has 1 aliphatic rings. The molecule has 0 radical (unpaired) electrons. The molecule has 18 heavy (non-hydrogen) atoms. The van der Waals surface area contributed by atoms with Crippen molar-refractivity contribution in [3.05, 3.63) is 59.2 Å². The van der Waals surface area contributed by atoms with Gasteiger partial charge in [0.2, 0.25) is 0 Å². The van der Waals surface area contributed by atoms with Crippen LogP contribution in [0.15, 0.2) is 42.5 Å². The van der Waals surface area contributed by atoms with Crippen LogP contribution in [0.2, 0.25) is 0 Å². The molecule has 2 aromatic rings. The summed E-state index contributed by atoms with van der Waals surface area (Å²) in [5.74, 6) is 1.17. The van der Waals surface area contributed by atoms with Crippen molar-refractivity contribution in [2.75, 3.05) is 7.11 Å². The first-order valence-electron chi connectivity index (χ1n) is 5.97. The molecule has 0 bridgehead atoms. The van der Waals surface area contributed by atoms with Crippen LogP contribution in [0, 0.1) is 0 Å². The van der Waals surface area contributed by atoms with Gasteiger partial charge in [0.25, 0.3) is 0 Å². The zero-order valence-corrected chi connectivity index (χ0v) is 10.2. The van der Waals surface area contributed by atoms with Gasteiger partial charge in [-0.15, -0.1) is 0 Å². The van der Waals surface area contributed by atoms with Crippen molar-refractivity contribution in [1.82, 2.24) is 5.32 Å². The van der Waals surface area contributed by atoms with E-state index in [-0.39, 0.29) is 6.04 Å². The number of fused-ring (bicyclic) bond motifs is 1. The zero-order chi connectivity index (χ0) is 12.5. The van der Waals surface area contributed by atoms with Crippen molar-refractivity contribution < 1.29 is 9.84 Å². The minimum absolute atomic E-state index is 0.0863. The Kier molecular flexibility index (Phi) is 2.68. The second-order valence-corrected chi connectivity index (χ2v) is 4.44. The summed E-state index contributed by atoms with van der Waals surface area (Å²) < 4.78 is 5.40. The van der Waals surface area contributed by atoms with Crippen LogP contribution in [0.25, 0.3) is 0 Å². The Morgan fingerprint density at radius 1 is 1.17 bits per heavy atom. The van der Waals surface area contributed by atoms with Crippen LogP contribution >= 0.6 is 0 Å². The van der Waals surface area contributed by atoms with E-state index in [0.29, 0.717) is 5.75 Å². The first kappa shape index (κ1) is 11.1. The minimum Gasteiger partial charge on any atom is -0.508 e. The van der Waals surface area contributed by atoms with E-state index in [4.69, 9.17) is 4.74 Å². The summed E-state index contributed by atoms with van der Waals surface area (Å²) >= 11 is 0. The lowest BCUT2D eigenvalue weighted by Gasteiger charge is -2.16. The molecule has 2 aromatic carbocycles. The van der Waals surface area contributed by atoms with Crippen LogP contribution < -0.4 is 10.1 Å². The Morgan fingerprint density at radius 3 is 2.83 bits per heavy atom. The molecule has 3 nitrogen and oxygen atoms in total. The quantitative estimate of drug-likeness (QED) is 0.849. The summed E-state index contributed by atoms with van der Waals surface area (Å²) in [5, 5.41) is 13.1. The Labute approximate surface area is 106 Å². The summed E-state index contributed by atoms with van der Waals surface area (Å²) in [7, 11) is 1.68. The number of benzene rings is 2. The standard InChI is InChI=1S/C15H15NO2/c1-18-14-5-3-2-4-12(14)15-13-8-11(17)7-6-10(13)9-16-15/h2-8,15-17H,9H2,1H3. The van der Waals surface area contributed by atoms with Gasteiger partial charge in [-0.3, -0.25) is 0 Å². The molecule has 1 atom stereocenters. The number of aromatic hydroxyl groups is 1. The van der Waals surface area contributed by atoms with E-state index in [9.17, 15) is 5.11 Å². The van der Waals surface area contributed by atoms with E-state index in [1.807, 2.05) is 30.3 Å². The number of phenols is 1. The van der Waals surface area contributed by atoms with Crippen molar-refractivity contribution >= 4 is 0 Å². The van der Waals surface area contributed by atoms with Gasteiger partial charge in [-0.1, -0.05) is 24.3 Å². The number of methoxy groups -OCH3 is 1. The molecule has 0 fully saturated rings. The lowest BCUT2D eigenvalue weighted by Crippen LogP contribution is -2.14. The van der Waals surface area contributed by atoms with Crippen molar-refractivity contribution in [2.24, 2.45) is 0 Å². The highest BCUT2D eigenvalue weighted by Crippen LogP contribution is 2.36. The van der Waals surface area contributed by atoms with Gasteiger partial charge in [0.05, 0.1) is 13.2 Å². The van der Waals surface area contributed by atoms with Crippen LogP contribution in [-0.4, -0.2) is 12.2 Å². The summed E-state index contributed by atoms with van der Waals surface area (Å²) in [6.45, 7) is 0.818. The fourth-order valence-electron chi connectivity index (χ4n) is 2.52. The van der Waals surface area contributed by atoms with E-state index in [1.165, 1.54) is 5.56 Å². The molecule has 92 valence electrons. The largest absolute Gasteiger partial charge is 0.508 e. The summed E-state index contributed by atoms with van der Waals surface area (Å²) in [4.78, 5) is 0. The molecule has 1 heterocycles. The van der Waals surface area contributed by atoms with Gasteiger partial charge >= 0.3 is 0 Å². The fourth-order valence-corrected chi connectivity index (χ4v) is 2.52. The van der Waals surface area contributed by atoms with E-state index in [0.717, 1.165) is 23.4 Å². The molecule has 3 rings (SSSR count). The van der Waals surface area contributed by atoms with E-state index < -0.39 is 0 Å². The highest BCUT2D eigenvalue weighted by atomic mass is 16.5. The van der Waals surface area contributed by atoms with Crippen molar-refractivity contribution in [3.63, 3.8) is 0 Å². The average Bonchev–Trinajstić information content (AvgIpc) is 2.81. The fraction of sp³-hybridized carbons (Fsp3) is 0.200. The molecule has 0 amide bonds. The zero-order valence-electron chi connectivity index (χ0n) is 10.2. The maximum atomic E-state index is 9.63. The third kappa shape index (κ3) is 1.73. The summed E-state index contributed by atoms with van der Waals surface area (Å²) in [6.07, 6.45) is 0. The maximum Gasteiger partial charge on any atom is 0.123 e. The SMILES string of the molecule is COc1ccccc1C1NCc2ccc(O)cc21. The molecule has 2 N–H and O–H groups in total. The highest BCUT2D eigenvalue weighted by molar-refractivity contribution is 5.48. The molecule has 0 aromatic heterocycles. The first-order chi connectivity index (χ1) is 8.79. The topological polar surface area (TPSA) is 41.5 Å². The van der Waals surface area contributed by atoms with Gasteiger partial charge in [0, 0.05) is 12.1 Å². The average molecular weight is 241 g/mol. The van der Waals surface area contributed by atoms with Gasteiger partial charge in [0.15, 0.2) is 0 Å².